The molecule has 1 aromatic rings. The molecule has 2 aliphatic rings. The van der Waals surface area contributed by atoms with Gasteiger partial charge in [0.2, 0.25) is 0 Å². The van der Waals surface area contributed by atoms with Gasteiger partial charge in [0.25, 0.3) is 0 Å². The lowest BCUT2D eigenvalue weighted by molar-refractivity contribution is -0.135. The normalized spacial score (nSPS) is 22.9. The molecule has 1 fully saturated rings. The van der Waals surface area contributed by atoms with Gasteiger partial charge in [-0.1, -0.05) is 13.0 Å². The number of benzene rings is 1. The molecule has 3 rings (SSSR count). The van der Waals surface area contributed by atoms with E-state index >= 15 is 0 Å². The third-order valence-electron chi connectivity index (χ3n) is 3.53. The SMILES string of the molecule is CC1CC(=O)Oc2cc(NCC3CC3)ccc21. The summed E-state index contributed by atoms with van der Waals surface area (Å²) in [7, 11) is 0. The molecular weight excluding hydrogens is 214 g/mol. The topological polar surface area (TPSA) is 38.3 Å². The Kier molecular flexibility index (Phi) is 2.54. The molecule has 1 aromatic carbocycles. The van der Waals surface area contributed by atoms with Gasteiger partial charge in [-0.3, -0.25) is 4.79 Å². The highest BCUT2D eigenvalue weighted by atomic mass is 16.5. The summed E-state index contributed by atoms with van der Waals surface area (Å²) in [5.74, 6) is 1.72. The molecule has 1 aliphatic carbocycles. The molecule has 0 aromatic heterocycles. The predicted octanol–water partition coefficient (Wildman–Crippen LogP) is 2.92. The van der Waals surface area contributed by atoms with Gasteiger partial charge in [-0.25, -0.2) is 0 Å². The van der Waals surface area contributed by atoms with E-state index in [0.29, 0.717) is 6.42 Å². The van der Waals surface area contributed by atoms with Crippen molar-refractivity contribution in [3.63, 3.8) is 0 Å². The van der Waals surface area contributed by atoms with Gasteiger partial charge in [0.05, 0.1) is 6.42 Å². The van der Waals surface area contributed by atoms with E-state index in [1.54, 1.807) is 0 Å². The maximum absolute atomic E-state index is 11.4. The maximum atomic E-state index is 11.4. The van der Waals surface area contributed by atoms with Crippen LogP contribution in [0.4, 0.5) is 5.69 Å². The third kappa shape index (κ3) is 2.28. The summed E-state index contributed by atoms with van der Waals surface area (Å²) in [4.78, 5) is 11.4. The fourth-order valence-electron chi connectivity index (χ4n) is 2.25. The van der Waals surface area contributed by atoms with E-state index in [2.05, 4.69) is 24.4 Å². The zero-order valence-corrected chi connectivity index (χ0v) is 10.0. The summed E-state index contributed by atoms with van der Waals surface area (Å²) >= 11 is 0. The number of anilines is 1. The van der Waals surface area contributed by atoms with Crippen LogP contribution in [0, 0.1) is 5.92 Å². The summed E-state index contributed by atoms with van der Waals surface area (Å²) < 4.78 is 5.29. The van der Waals surface area contributed by atoms with Crippen molar-refractivity contribution < 1.29 is 9.53 Å². The first-order valence-corrected chi connectivity index (χ1v) is 6.31. The summed E-state index contributed by atoms with van der Waals surface area (Å²) in [5.41, 5.74) is 2.19. The fraction of sp³-hybridized carbons (Fsp3) is 0.500. The number of ether oxygens (including phenoxy) is 1. The maximum Gasteiger partial charge on any atom is 0.311 e. The van der Waals surface area contributed by atoms with Gasteiger partial charge in [-0.2, -0.15) is 0 Å². The quantitative estimate of drug-likeness (QED) is 0.642. The Bertz CT molecular complexity index is 452. The Morgan fingerprint density at radius 2 is 2.24 bits per heavy atom. The molecule has 0 spiro atoms. The Balaban J connectivity index is 1.79. The van der Waals surface area contributed by atoms with Crippen LogP contribution < -0.4 is 10.1 Å². The molecule has 90 valence electrons. The lowest BCUT2D eigenvalue weighted by Gasteiger charge is -2.22. The number of fused-ring (bicyclic) bond motifs is 1. The molecule has 1 saturated carbocycles. The lowest BCUT2D eigenvalue weighted by Crippen LogP contribution is -2.18. The van der Waals surface area contributed by atoms with E-state index in [-0.39, 0.29) is 11.9 Å². The minimum absolute atomic E-state index is 0.121. The number of esters is 1. The predicted molar refractivity (Wildman–Crippen MR) is 66.3 cm³/mol. The Hall–Kier alpha value is -1.51. The van der Waals surface area contributed by atoms with Crippen molar-refractivity contribution >= 4 is 11.7 Å². The van der Waals surface area contributed by atoms with Crippen LogP contribution in [0.5, 0.6) is 5.75 Å². The van der Waals surface area contributed by atoms with Crippen LogP contribution in [0.3, 0.4) is 0 Å². The molecule has 0 saturated heterocycles. The molecular formula is C14H17NO2. The Labute approximate surface area is 101 Å². The summed E-state index contributed by atoms with van der Waals surface area (Å²) in [6.45, 7) is 3.10. The van der Waals surface area contributed by atoms with E-state index in [1.807, 2.05) is 6.07 Å². The van der Waals surface area contributed by atoms with Crippen molar-refractivity contribution in [1.82, 2.24) is 0 Å². The van der Waals surface area contributed by atoms with Gasteiger partial charge in [0.1, 0.15) is 5.75 Å². The van der Waals surface area contributed by atoms with Gasteiger partial charge in [-0.15, -0.1) is 0 Å². The van der Waals surface area contributed by atoms with Crippen LogP contribution in [0.25, 0.3) is 0 Å². The summed E-state index contributed by atoms with van der Waals surface area (Å²) in [6, 6.07) is 6.10. The molecule has 1 unspecified atom stereocenters. The van der Waals surface area contributed by atoms with Crippen LogP contribution in [-0.2, 0) is 4.79 Å². The van der Waals surface area contributed by atoms with E-state index < -0.39 is 0 Å². The molecule has 3 heteroatoms. The molecule has 3 nitrogen and oxygen atoms in total. The minimum Gasteiger partial charge on any atom is -0.426 e. The van der Waals surface area contributed by atoms with Crippen LogP contribution in [-0.4, -0.2) is 12.5 Å². The van der Waals surface area contributed by atoms with Crippen LogP contribution >= 0.6 is 0 Å². The first kappa shape index (κ1) is 10.6. The number of hydrogen-bond acceptors (Lipinski definition) is 3. The lowest BCUT2D eigenvalue weighted by atomic mass is 9.94. The van der Waals surface area contributed by atoms with Crippen molar-refractivity contribution in [1.29, 1.82) is 0 Å². The van der Waals surface area contributed by atoms with Gasteiger partial charge in [-0.05, 0) is 36.3 Å². The second-order valence-corrected chi connectivity index (χ2v) is 5.16. The van der Waals surface area contributed by atoms with E-state index in [1.165, 1.54) is 12.8 Å². The van der Waals surface area contributed by atoms with Crippen molar-refractivity contribution in [2.75, 3.05) is 11.9 Å². The third-order valence-corrected chi connectivity index (χ3v) is 3.53. The second-order valence-electron chi connectivity index (χ2n) is 5.16. The average molecular weight is 231 g/mol. The van der Waals surface area contributed by atoms with E-state index in [4.69, 9.17) is 4.74 Å². The van der Waals surface area contributed by atoms with E-state index in [9.17, 15) is 4.79 Å². The summed E-state index contributed by atoms with van der Waals surface area (Å²) in [6.07, 6.45) is 3.16. The van der Waals surface area contributed by atoms with Gasteiger partial charge < -0.3 is 10.1 Å². The highest BCUT2D eigenvalue weighted by Gasteiger charge is 2.24. The fourth-order valence-corrected chi connectivity index (χ4v) is 2.25. The van der Waals surface area contributed by atoms with Gasteiger partial charge in [0, 0.05) is 18.3 Å². The number of rotatable bonds is 3. The number of nitrogens with one attached hydrogen (secondary N) is 1. The van der Waals surface area contributed by atoms with Crippen LogP contribution in [0.2, 0.25) is 0 Å². The number of hydrogen-bond donors (Lipinski definition) is 1. The average Bonchev–Trinajstić information content (AvgIpc) is 3.09. The molecule has 1 heterocycles. The largest absolute Gasteiger partial charge is 0.426 e. The first-order chi connectivity index (χ1) is 8.22. The minimum atomic E-state index is -0.121. The zero-order chi connectivity index (χ0) is 11.8. The molecule has 1 aliphatic heterocycles. The standard InChI is InChI=1S/C14H17NO2/c1-9-6-14(16)17-13-7-11(4-5-12(9)13)15-8-10-2-3-10/h4-5,7,9-10,15H,2-3,6,8H2,1H3. The highest BCUT2D eigenvalue weighted by molar-refractivity contribution is 5.77. The number of carbonyl (C=O) groups excluding carboxylic acids is 1. The smallest absolute Gasteiger partial charge is 0.311 e. The molecule has 0 amide bonds. The number of carbonyl (C=O) groups is 1. The Morgan fingerprint density at radius 1 is 1.41 bits per heavy atom. The molecule has 0 radical (unpaired) electrons. The van der Waals surface area contributed by atoms with Crippen molar-refractivity contribution in [3.8, 4) is 5.75 Å². The monoisotopic (exact) mass is 231 g/mol. The van der Waals surface area contributed by atoms with Crippen LogP contribution in [0.15, 0.2) is 18.2 Å². The van der Waals surface area contributed by atoms with Crippen molar-refractivity contribution in [3.05, 3.63) is 23.8 Å². The van der Waals surface area contributed by atoms with Crippen LogP contribution in [0.1, 0.15) is 37.7 Å². The molecule has 17 heavy (non-hydrogen) atoms. The van der Waals surface area contributed by atoms with Crippen molar-refractivity contribution in [2.24, 2.45) is 5.92 Å². The first-order valence-electron chi connectivity index (χ1n) is 6.31. The molecule has 1 N–H and O–H groups in total. The van der Waals surface area contributed by atoms with Gasteiger partial charge >= 0.3 is 5.97 Å². The highest BCUT2D eigenvalue weighted by Crippen LogP contribution is 2.36. The van der Waals surface area contributed by atoms with E-state index in [0.717, 1.165) is 29.5 Å². The van der Waals surface area contributed by atoms with Gasteiger partial charge in [0.15, 0.2) is 0 Å². The second kappa shape index (κ2) is 4.06. The van der Waals surface area contributed by atoms with Crippen molar-refractivity contribution in [2.45, 2.75) is 32.1 Å². The zero-order valence-electron chi connectivity index (χ0n) is 10.0. The Morgan fingerprint density at radius 3 is 3.00 bits per heavy atom. The molecule has 1 atom stereocenters. The molecule has 0 bridgehead atoms. The summed E-state index contributed by atoms with van der Waals surface area (Å²) in [5, 5.41) is 3.40.